The Hall–Kier alpha value is -4.92. The highest BCUT2D eigenvalue weighted by molar-refractivity contribution is 6.05. The molecule has 0 saturated carbocycles. The van der Waals surface area contributed by atoms with Crippen LogP contribution in [0.1, 0.15) is 62.1 Å². The van der Waals surface area contributed by atoms with Crippen LogP contribution in [0.25, 0.3) is 16.7 Å². The molecule has 48 heavy (non-hydrogen) atoms. The van der Waals surface area contributed by atoms with Crippen molar-refractivity contribution in [1.82, 2.24) is 4.90 Å². The number of ether oxygens (including phenoxy) is 1. The van der Waals surface area contributed by atoms with Crippen LogP contribution in [-0.2, 0) is 4.74 Å². The van der Waals surface area contributed by atoms with Gasteiger partial charge in [0.05, 0.1) is 19.3 Å². The minimum Gasteiger partial charge on any atom is -0.371 e. The van der Waals surface area contributed by atoms with Crippen LogP contribution in [0, 0.1) is 0 Å². The van der Waals surface area contributed by atoms with E-state index < -0.39 is 0 Å². The van der Waals surface area contributed by atoms with E-state index in [0.717, 1.165) is 38.5 Å². The summed E-state index contributed by atoms with van der Waals surface area (Å²) in [5, 5.41) is 0. The number of allylic oxidation sites excluding steroid dienone is 19. The molecule has 0 saturated heterocycles. The summed E-state index contributed by atoms with van der Waals surface area (Å²) in [5.41, 5.74) is 14.1. The summed E-state index contributed by atoms with van der Waals surface area (Å²) in [6.45, 7) is 3.45. The molecule has 0 radical (unpaired) electrons. The molecule has 0 amide bonds. The molecule has 0 N–H and O–H groups in total. The molecular weight excluding hydrogens is 583 g/mol. The molecule has 0 spiro atoms. The van der Waals surface area contributed by atoms with Crippen molar-refractivity contribution in [3.8, 4) is 0 Å². The molecule has 2 heteroatoms. The molecule has 0 fully saturated rings. The fraction of sp³-hybridized carbons (Fsp3) is 0.217. The number of hydrogen-bond acceptors (Lipinski definition) is 2. The van der Waals surface area contributed by atoms with E-state index in [4.69, 9.17) is 4.74 Å². The summed E-state index contributed by atoms with van der Waals surface area (Å²) >= 11 is 0. The van der Waals surface area contributed by atoms with Crippen molar-refractivity contribution in [2.75, 3.05) is 13.2 Å². The van der Waals surface area contributed by atoms with Gasteiger partial charge in [0.2, 0.25) is 0 Å². The fourth-order valence-corrected chi connectivity index (χ4v) is 7.12. The molecule has 1 heterocycles. The van der Waals surface area contributed by atoms with Gasteiger partial charge in [0.1, 0.15) is 0 Å². The maximum atomic E-state index is 6.05. The zero-order valence-corrected chi connectivity index (χ0v) is 28.0. The highest BCUT2D eigenvalue weighted by Crippen LogP contribution is 2.41. The topological polar surface area (TPSA) is 12.5 Å². The maximum absolute atomic E-state index is 6.05. The van der Waals surface area contributed by atoms with E-state index >= 15 is 0 Å². The van der Waals surface area contributed by atoms with Crippen molar-refractivity contribution in [2.24, 2.45) is 0 Å². The average molecular weight is 628 g/mol. The van der Waals surface area contributed by atoms with E-state index in [1.165, 1.54) is 61.5 Å². The zero-order chi connectivity index (χ0) is 32.5. The van der Waals surface area contributed by atoms with Crippen LogP contribution in [-0.4, -0.2) is 24.2 Å². The largest absolute Gasteiger partial charge is 0.371 e. The van der Waals surface area contributed by atoms with Crippen molar-refractivity contribution in [2.45, 2.75) is 51.5 Å². The van der Waals surface area contributed by atoms with Gasteiger partial charge in [-0.3, -0.25) is 0 Å². The van der Waals surface area contributed by atoms with Gasteiger partial charge in [-0.05, 0) is 108 Å². The van der Waals surface area contributed by atoms with Gasteiger partial charge < -0.3 is 9.64 Å². The molecule has 1 aliphatic heterocycles. The van der Waals surface area contributed by atoms with Crippen LogP contribution in [0.3, 0.4) is 0 Å². The van der Waals surface area contributed by atoms with E-state index in [9.17, 15) is 0 Å². The Balaban J connectivity index is 1.21. The molecule has 2 aromatic carbocycles. The molecule has 0 bridgehead atoms. The first-order valence-electron chi connectivity index (χ1n) is 17.5. The third-order valence-electron chi connectivity index (χ3n) is 9.55. The normalized spacial score (nSPS) is 21.1. The number of hydrogen-bond donors (Lipinski definition) is 0. The molecule has 4 aliphatic carbocycles. The van der Waals surface area contributed by atoms with Crippen LogP contribution >= 0.6 is 0 Å². The highest BCUT2D eigenvalue weighted by atomic mass is 16.5. The second-order valence-corrected chi connectivity index (χ2v) is 13.0. The standard InChI is InChI=1S/C46H45NO/c1-35-23-30-44(34-48-33-35)47(42-21-13-6-14-22-42)43-31-28-37(29-32-43)36-24-26-41(27-25-36)46(40-19-11-5-12-20-40)45(39-17-9-4-10-18-39)38-15-7-2-3-8-16-38/h2-5,7,9-11,13,15-19,21-31,43H,6,8,12,14,20,32-34H2,1H3/b46-45+. The SMILES string of the molecule is CC1=CC=C(N(C2=CCCC=C2)C2C=CC(c3ccc(/C(C4=CC=CCC4)=C(\C4=CCC=CC=C4)c4ccccc4)cc3)=CC2)COC1. The van der Waals surface area contributed by atoms with Crippen LogP contribution in [0.2, 0.25) is 0 Å². The first-order chi connectivity index (χ1) is 23.7. The van der Waals surface area contributed by atoms with Crippen molar-refractivity contribution in [3.05, 3.63) is 197 Å². The minimum absolute atomic E-state index is 0.244. The molecule has 1 unspecified atom stereocenters. The molecule has 0 aromatic heterocycles. The smallest absolute Gasteiger partial charge is 0.0872 e. The predicted octanol–water partition coefficient (Wildman–Crippen LogP) is 11.4. The molecule has 7 rings (SSSR count). The van der Waals surface area contributed by atoms with E-state index in [0.29, 0.717) is 13.2 Å². The monoisotopic (exact) mass is 627 g/mol. The second-order valence-electron chi connectivity index (χ2n) is 13.0. The molecule has 2 nitrogen and oxygen atoms in total. The lowest BCUT2D eigenvalue weighted by molar-refractivity contribution is 0.158. The number of rotatable bonds is 8. The van der Waals surface area contributed by atoms with Gasteiger partial charge in [-0.25, -0.2) is 0 Å². The lowest BCUT2D eigenvalue weighted by atomic mass is 9.82. The Morgan fingerprint density at radius 1 is 0.708 bits per heavy atom. The van der Waals surface area contributed by atoms with Gasteiger partial charge in [0, 0.05) is 11.4 Å². The predicted molar refractivity (Wildman–Crippen MR) is 204 cm³/mol. The molecule has 240 valence electrons. The highest BCUT2D eigenvalue weighted by Gasteiger charge is 2.25. The molecule has 1 atom stereocenters. The van der Waals surface area contributed by atoms with Crippen LogP contribution in [0.15, 0.2) is 180 Å². The zero-order valence-electron chi connectivity index (χ0n) is 28.0. The second kappa shape index (κ2) is 15.3. The van der Waals surface area contributed by atoms with Crippen LogP contribution < -0.4 is 0 Å². The summed E-state index contributed by atoms with van der Waals surface area (Å²) in [7, 11) is 0. The molecule has 5 aliphatic rings. The summed E-state index contributed by atoms with van der Waals surface area (Å²) in [6, 6.07) is 20.4. The van der Waals surface area contributed by atoms with E-state index in [1.807, 2.05) is 0 Å². The van der Waals surface area contributed by atoms with Crippen molar-refractivity contribution < 1.29 is 4.74 Å². The lowest BCUT2D eigenvalue weighted by Gasteiger charge is -2.36. The Bertz CT molecular complexity index is 1880. The van der Waals surface area contributed by atoms with Gasteiger partial charge >= 0.3 is 0 Å². The van der Waals surface area contributed by atoms with Crippen LogP contribution in [0.4, 0.5) is 0 Å². The van der Waals surface area contributed by atoms with Crippen molar-refractivity contribution >= 4 is 16.7 Å². The van der Waals surface area contributed by atoms with Crippen molar-refractivity contribution in [3.63, 3.8) is 0 Å². The molecular formula is C46H45NO. The number of nitrogens with zero attached hydrogens (tertiary/aromatic N) is 1. The van der Waals surface area contributed by atoms with Gasteiger partial charge in [0.15, 0.2) is 0 Å². The Kier molecular flexibility index (Phi) is 10.1. The summed E-state index contributed by atoms with van der Waals surface area (Å²) in [6.07, 6.45) is 42.7. The van der Waals surface area contributed by atoms with E-state index in [-0.39, 0.29) is 6.04 Å². The third-order valence-corrected chi connectivity index (χ3v) is 9.55. The quantitative estimate of drug-likeness (QED) is 0.270. The van der Waals surface area contributed by atoms with Gasteiger partial charge in [-0.1, -0.05) is 140 Å². The van der Waals surface area contributed by atoms with E-state index in [2.05, 4.69) is 164 Å². The maximum Gasteiger partial charge on any atom is 0.0872 e. The van der Waals surface area contributed by atoms with E-state index in [1.54, 1.807) is 0 Å². The first kappa shape index (κ1) is 31.7. The van der Waals surface area contributed by atoms with Crippen molar-refractivity contribution in [1.29, 1.82) is 0 Å². The van der Waals surface area contributed by atoms with Gasteiger partial charge in [-0.2, -0.15) is 0 Å². The average Bonchev–Trinajstić information content (AvgIpc) is 3.55. The lowest BCUT2D eigenvalue weighted by Crippen LogP contribution is -2.34. The Labute approximate surface area is 286 Å². The van der Waals surface area contributed by atoms with Crippen LogP contribution in [0.5, 0.6) is 0 Å². The van der Waals surface area contributed by atoms with Gasteiger partial charge in [0.25, 0.3) is 0 Å². The minimum atomic E-state index is 0.244. The summed E-state index contributed by atoms with van der Waals surface area (Å²) < 4.78 is 6.05. The summed E-state index contributed by atoms with van der Waals surface area (Å²) in [4.78, 5) is 2.48. The summed E-state index contributed by atoms with van der Waals surface area (Å²) in [5.74, 6) is 0. The van der Waals surface area contributed by atoms with Gasteiger partial charge in [-0.15, -0.1) is 0 Å². The Morgan fingerprint density at radius 3 is 2.35 bits per heavy atom. The first-order valence-corrected chi connectivity index (χ1v) is 17.5. The third kappa shape index (κ3) is 7.30. The molecule has 2 aromatic rings. The number of benzene rings is 2. The fourth-order valence-electron chi connectivity index (χ4n) is 7.12. The Morgan fingerprint density at radius 2 is 1.58 bits per heavy atom.